The predicted octanol–water partition coefficient (Wildman–Crippen LogP) is 3.25. The van der Waals surface area contributed by atoms with Crippen LogP contribution in [0.5, 0.6) is 0 Å². The van der Waals surface area contributed by atoms with E-state index in [0.29, 0.717) is 17.5 Å². The van der Waals surface area contributed by atoms with Crippen LogP contribution in [0, 0.1) is 6.92 Å². The van der Waals surface area contributed by atoms with Crippen molar-refractivity contribution in [3.8, 4) is 0 Å². The molecule has 0 unspecified atom stereocenters. The molecule has 158 valence electrons. The molecule has 2 aromatic carbocycles. The maximum absolute atomic E-state index is 12.2. The summed E-state index contributed by atoms with van der Waals surface area (Å²) >= 11 is 0. The molecule has 2 N–H and O–H groups in total. The Balaban J connectivity index is 1.14. The summed E-state index contributed by atoms with van der Waals surface area (Å²) in [5, 5.41) is 5.75. The molecule has 0 spiro atoms. The van der Waals surface area contributed by atoms with Gasteiger partial charge in [0.15, 0.2) is 0 Å². The molecule has 1 heterocycles. The summed E-state index contributed by atoms with van der Waals surface area (Å²) in [6.45, 7) is 3.79. The van der Waals surface area contributed by atoms with Crippen molar-refractivity contribution < 1.29 is 9.59 Å². The van der Waals surface area contributed by atoms with Crippen LogP contribution in [0.4, 0.5) is 0 Å². The van der Waals surface area contributed by atoms with Crippen LogP contribution in [0.3, 0.4) is 0 Å². The van der Waals surface area contributed by atoms with Gasteiger partial charge in [-0.05, 0) is 56.2 Å². The first-order chi connectivity index (χ1) is 14.6. The molecule has 2 fully saturated rings. The van der Waals surface area contributed by atoms with E-state index in [1.54, 1.807) is 6.07 Å². The summed E-state index contributed by atoms with van der Waals surface area (Å²) in [6.07, 6.45) is 4.94. The highest BCUT2D eigenvalue weighted by atomic mass is 16.2. The van der Waals surface area contributed by atoms with Crippen LogP contribution in [-0.2, 0) is 4.79 Å². The fraction of sp³-hybridized carbons (Fsp3) is 0.440. The molecule has 1 aliphatic carbocycles. The summed E-state index contributed by atoms with van der Waals surface area (Å²) in [6, 6.07) is 19.1. The van der Waals surface area contributed by atoms with E-state index in [9.17, 15) is 9.59 Å². The van der Waals surface area contributed by atoms with E-state index in [0.717, 1.165) is 18.7 Å². The first kappa shape index (κ1) is 20.6. The molecule has 0 aromatic heterocycles. The summed E-state index contributed by atoms with van der Waals surface area (Å²) in [4.78, 5) is 26.8. The van der Waals surface area contributed by atoms with Gasteiger partial charge in [0.05, 0.1) is 12.6 Å². The largest absolute Gasteiger partial charge is 0.349 e. The Morgan fingerprint density at radius 3 is 2.40 bits per heavy atom. The molecule has 0 atom stereocenters. The molecular formula is C25H31N3O2. The quantitative estimate of drug-likeness (QED) is 0.776. The number of benzene rings is 2. The monoisotopic (exact) mass is 405 g/mol. The van der Waals surface area contributed by atoms with Gasteiger partial charge < -0.3 is 10.6 Å². The number of hydrogen-bond donors (Lipinski definition) is 2. The van der Waals surface area contributed by atoms with E-state index in [-0.39, 0.29) is 24.4 Å². The van der Waals surface area contributed by atoms with Crippen molar-refractivity contribution in [2.24, 2.45) is 0 Å². The highest BCUT2D eigenvalue weighted by Crippen LogP contribution is 2.35. The van der Waals surface area contributed by atoms with Gasteiger partial charge in [0, 0.05) is 24.7 Å². The van der Waals surface area contributed by atoms with Crippen LogP contribution < -0.4 is 10.6 Å². The molecule has 1 saturated heterocycles. The van der Waals surface area contributed by atoms with Crippen LogP contribution >= 0.6 is 0 Å². The molecule has 2 aromatic rings. The molecule has 1 aliphatic heterocycles. The molecule has 1 saturated carbocycles. The molecule has 2 aliphatic rings. The molecule has 5 heteroatoms. The van der Waals surface area contributed by atoms with E-state index >= 15 is 0 Å². The minimum atomic E-state index is -0.209. The van der Waals surface area contributed by atoms with Gasteiger partial charge in [-0.15, -0.1) is 0 Å². The summed E-state index contributed by atoms with van der Waals surface area (Å²) in [5.74, 6) is 0.365. The van der Waals surface area contributed by atoms with Gasteiger partial charge in [-0.3, -0.25) is 14.5 Å². The number of carbonyl (C=O) groups is 2. The maximum atomic E-state index is 12.2. The maximum Gasteiger partial charge on any atom is 0.251 e. The van der Waals surface area contributed by atoms with Gasteiger partial charge in [0.2, 0.25) is 5.91 Å². The Morgan fingerprint density at radius 1 is 0.967 bits per heavy atom. The molecule has 5 nitrogen and oxygen atoms in total. The van der Waals surface area contributed by atoms with Gasteiger partial charge in [0.25, 0.3) is 5.91 Å². The molecule has 2 amide bonds. The van der Waals surface area contributed by atoms with E-state index in [1.807, 2.05) is 25.1 Å². The van der Waals surface area contributed by atoms with E-state index < -0.39 is 0 Å². The Bertz CT molecular complexity index is 869. The summed E-state index contributed by atoms with van der Waals surface area (Å²) in [5.41, 5.74) is 3.08. The zero-order valence-corrected chi connectivity index (χ0v) is 17.6. The third kappa shape index (κ3) is 5.08. The van der Waals surface area contributed by atoms with E-state index in [1.165, 1.54) is 31.2 Å². The zero-order chi connectivity index (χ0) is 20.9. The molecular weight excluding hydrogens is 374 g/mol. The number of nitrogens with zero attached hydrogens (tertiary/aromatic N) is 1. The lowest BCUT2D eigenvalue weighted by Crippen LogP contribution is -2.63. The number of likely N-dealkylation sites (tertiary alicyclic amines) is 1. The number of rotatable bonds is 6. The highest BCUT2D eigenvalue weighted by Gasteiger charge is 2.35. The molecule has 4 rings (SSSR count). The first-order valence-electron chi connectivity index (χ1n) is 11.0. The van der Waals surface area contributed by atoms with Gasteiger partial charge in [-0.25, -0.2) is 0 Å². The van der Waals surface area contributed by atoms with Crippen molar-refractivity contribution >= 4 is 11.8 Å². The van der Waals surface area contributed by atoms with Crippen LogP contribution in [0.15, 0.2) is 54.6 Å². The van der Waals surface area contributed by atoms with E-state index in [4.69, 9.17) is 0 Å². The van der Waals surface area contributed by atoms with Crippen molar-refractivity contribution in [3.63, 3.8) is 0 Å². The SMILES string of the molecule is Cc1cccc(C(=O)NCC(=O)NC2CN([C@H]3CC[C@@H](c4ccccc4)CC3)C2)c1. The Morgan fingerprint density at radius 2 is 1.70 bits per heavy atom. The zero-order valence-electron chi connectivity index (χ0n) is 17.6. The standard InChI is InChI=1S/C25H31N3O2/c1-18-6-5-9-21(14-18)25(30)26-15-24(29)27-22-16-28(17-22)23-12-10-20(11-13-23)19-7-3-2-4-8-19/h2-9,14,20,22-23H,10-13,15-17H2,1H3,(H,26,30)(H,27,29)/t20-,23+. The molecule has 0 bridgehead atoms. The van der Waals surface area contributed by atoms with Crippen LogP contribution in [-0.4, -0.2) is 48.4 Å². The summed E-state index contributed by atoms with van der Waals surface area (Å²) in [7, 11) is 0. The van der Waals surface area contributed by atoms with Crippen LogP contribution in [0.2, 0.25) is 0 Å². The van der Waals surface area contributed by atoms with E-state index in [2.05, 4.69) is 45.9 Å². The van der Waals surface area contributed by atoms with Gasteiger partial charge in [-0.2, -0.15) is 0 Å². The number of nitrogens with one attached hydrogen (secondary N) is 2. The fourth-order valence-electron chi connectivity index (χ4n) is 4.73. The third-order valence-corrected chi connectivity index (χ3v) is 6.45. The fourth-order valence-corrected chi connectivity index (χ4v) is 4.73. The Labute approximate surface area is 178 Å². The minimum Gasteiger partial charge on any atom is -0.349 e. The van der Waals surface area contributed by atoms with Crippen molar-refractivity contribution in [1.82, 2.24) is 15.5 Å². The van der Waals surface area contributed by atoms with Crippen molar-refractivity contribution in [2.75, 3.05) is 19.6 Å². The second-order valence-electron chi connectivity index (χ2n) is 8.69. The second kappa shape index (κ2) is 9.43. The Hall–Kier alpha value is -2.66. The lowest BCUT2D eigenvalue weighted by atomic mass is 9.80. The second-order valence-corrected chi connectivity index (χ2v) is 8.69. The topological polar surface area (TPSA) is 61.4 Å². The molecule has 30 heavy (non-hydrogen) atoms. The third-order valence-electron chi connectivity index (χ3n) is 6.45. The number of hydrogen-bond acceptors (Lipinski definition) is 3. The van der Waals surface area contributed by atoms with Gasteiger partial charge in [0.1, 0.15) is 0 Å². The number of amides is 2. The average Bonchev–Trinajstić information content (AvgIpc) is 2.75. The van der Waals surface area contributed by atoms with Gasteiger partial charge >= 0.3 is 0 Å². The minimum absolute atomic E-state index is 0.0193. The smallest absolute Gasteiger partial charge is 0.251 e. The van der Waals surface area contributed by atoms with Crippen molar-refractivity contribution in [1.29, 1.82) is 0 Å². The van der Waals surface area contributed by atoms with Crippen LogP contribution in [0.1, 0.15) is 53.1 Å². The number of aryl methyl sites for hydroxylation is 1. The first-order valence-corrected chi connectivity index (χ1v) is 11.0. The van der Waals surface area contributed by atoms with Crippen LogP contribution in [0.25, 0.3) is 0 Å². The normalized spacial score (nSPS) is 22.2. The lowest BCUT2D eigenvalue weighted by Gasteiger charge is -2.46. The van der Waals surface area contributed by atoms with Gasteiger partial charge in [-0.1, -0.05) is 48.0 Å². The number of carbonyl (C=O) groups excluding carboxylic acids is 2. The average molecular weight is 406 g/mol. The predicted molar refractivity (Wildman–Crippen MR) is 118 cm³/mol. The molecule has 0 radical (unpaired) electrons. The highest BCUT2D eigenvalue weighted by molar-refractivity contribution is 5.96. The lowest BCUT2D eigenvalue weighted by molar-refractivity contribution is -0.122. The van der Waals surface area contributed by atoms with Crippen molar-refractivity contribution in [3.05, 3.63) is 71.3 Å². The summed E-state index contributed by atoms with van der Waals surface area (Å²) < 4.78 is 0. The van der Waals surface area contributed by atoms with Crippen molar-refractivity contribution in [2.45, 2.75) is 50.6 Å². The Kier molecular flexibility index (Phi) is 6.48.